The first kappa shape index (κ1) is 15.9. The highest BCUT2D eigenvalue weighted by molar-refractivity contribution is 5.79. The quantitative estimate of drug-likeness (QED) is 0.794. The Morgan fingerprint density at radius 2 is 1.76 bits per heavy atom. The standard InChI is InChI=1S/C10H14.C5H10O2/c1-3-9(2)10-7-5-4-6-8-10;1-4(6)5(2)7-3/h4-9H,3H2,1-2H3;5H,1-3H3. The van der Waals surface area contributed by atoms with Crippen LogP contribution in [0.4, 0.5) is 0 Å². The maximum Gasteiger partial charge on any atom is 0.158 e. The Bertz CT molecular complexity index is 306. The van der Waals surface area contributed by atoms with Crippen molar-refractivity contribution in [2.45, 2.75) is 46.1 Å². The maximum absolute atomic E-state index is 10.2. The largest absolute Gasteiger partial charge is 0.374 e. The van der Waals surface area contributed by atoms with E-state index in [2.05, 4.69) is 48.9 Å². The molecule has 0 aliphatic rings. The Morgan fingerprint density at radius 1 is 1.24 bits per heavy atom. The average Bonchev–Trinajstić information content (AvgIpc) is 2.38. The van der Waals surface area contributed by atoms with E-state index in [4.69, 9.17) is 0 Å². The van der Waals surface area contributed by atoms with E-state index in [0.717, 1.165) is 0 Å². The highest BCUT2D eigenvalue weighted by atomic mass is 16.5. The minimum Gasteiger partial charge on any atom is -0.374 e. The molecular weight excluding hydrogens is 212 g/mol. The third-order valence-electron chi connectivity index (χ3n) is 2.91. The van der Waals surface area contributed by atoms with Gasteiger partial charge in [-0.15, -0.1) is 0 Å². The highest BCUT2D eigenvalue weighted by Gasteiger charge is 2.02. The second kappa shape index (κ2) is 8.94. The van der Waals surface area contributed by atoms with E-state index in [-0.39, 0.29) is 11.9 Å². The zero-order valence-electron chi connectivity index (χ0n) is 11.6. The van der Waals surface area contributed by atoms with Crippen LogP contribution in [0.5, 0.6) is 0 Å². The van der Waals surface area contributed by atoms with Gasteiger partial charge in [0.15, 0.2) is 5.78 Å². The van der Waals surface area contributed by atoms with Crippen molar-refractivity contribution in [3.05, 3.63) is 35.9 Å². The minimum atomic E-state index is -0.236. The number of rotatable bonds is 4. The third kappa shape index (κ3) is 6.90. The van der Waals surface area contributed by atoms with Crippen molar-refractivity contribution in [2.75, 3.05) is 7.11 Å². The Labute approximate surface area is 105 Å². The predicted molar refractivity (Wildman–Crippen MR) is 72.3 cm³/mol. The van der Waals surface area contributed by atoms with Gasteiger partial charge in [-0.1, -0.05) is 44.2 Å². The first-order valence-electron chi connectivity index (χ1n) is 6.11. The molecule has 0 aliphatic heterocycles. The predicted octanol–water partition coefficient (Wildman–Crippen LogP) is 3.81. The molecule has 1 rings (SSSR count). The van der Waals surface area contributed by atoms with E-state index in [9.17, 15) is 4.79 Å². The van der Waals surface area contributed by atoms with E-state index >= 15 is 0 Å². The summed E-state index contributed by atoms with van der Waals surface area (Å²) in [4.78, 5) is 10.2. The summed E-state index contributed by atoms with van der Waals surface area (Å²) in [6, 6.07) is 10.6. The fourth-order valence-corrected chi connectivity index (χ4v) is 1.18. The van der Waals surface area contributed by atoms with Gasteiger partial charge in [0.2, 0.25) is 0 Å². The minimum absolute atomic E-state index is 0.0718. The van der Waals surface area contributed by atoms with Crippen LogP contribution in [-0.4, -0.2) is 19.0 Å². The Balaban J connectivity index is 0.000000325. The van der Waals surface area contributed by atoms with E-state index in [1.807, 2.05) is 0 Å². The molecule has 0 bridgehead atoms. The van der Waals surface area contributed by atoms with Crippen LogP contribution in [0.3, 0.4) is 0 Å². The molecule has 2 heteroatoms. The molecule has 0 aromatic heterocycles. The molecule has 0 aliphatic carbocycles. The van der Waals surface area contributed by atoms with Crippen molar-refractivity contribution in [1.82, 2.24) is 0 Å². The van der Waals surface area contributed by atoms with E-state index in [0.29, 0.717) is 5.92 Å². The van der Waals surface area contributed by atoms with Crippen LogP contribution in [0.2, 0.25) is 0 Å². The number of ether oxygens (including phenoxy) is 1. The monoisotopic (exact) mass is 236 g/mol. The third-order valence-corrected chi connectivity index (χ3v) is 2.91. The summed E-state index contributed by atoms with van der Waals surface area (Å²) in [6.07, 6.45) is 0.990. The van der Waals surface area contributed by atoms with Crippen molar-refractivity contribution < 1.29 is 9.53 Å². The number of benzene rings is 1. The van der Waals surface area contributed by atoms with Crippen LogP contribution in [0, 0.1) is 0 Å². The molecule has 17 heavy (non-hydrogen) atoms. The summed E-state index contributed by atoms with van der Waals surface area (Å²) in [7, 11) is 1.52. The summed E-state index contributed by atoms with van der Waals surface area (Å²) in [5, 5.41) is 0. The van der Waals surface area contributed by atoms with Crippen molar-refractivity contribution in [1.29, 1.82) is 0 Å². The number of hydrogen-bond acceptors (Lipinski definition) is 2. The molecule has 1 aromatic carbocycles. The normalized spacial score (nSPS) is 13.2. The van der Waals surface area contributed by atoms with Crippen molar-refractivity contribution in [3.63, 3.8) is 0 Å². The lowest BCUT2D eigenvalue weighted by Crippen LogP contribution is -2.14. The van der Waals surface area contributed by atoms with Crippen molar-refractivity contribution in [2.24, 2.45) is 0 Å². The molecule has 0 N–H and O–H groups in total. The highest BCUT2D eigenvalue weighted by Crippen LogP contribution is 2.16. The van der Waals surface area contributed by atoms with Crippen LogP contribution < -0.4 is 0 Å². The molecule has 0 saturated carbocycles. The molecule has 0 fully saturated rings. The van der Waals surface area contributed by atoms with Crippen LogP contribution >= 0.6 is 0 Å². The molecule has 2 nitrogen and oxygen atoms in total. The lowest BCUT2D eigenvalue weighted by Gasteiger charge is -2.06. The molecule has 96 valence electrons. The maximum atomic E-state index is 10.2. The topological polar surface area (TPSA) is 26.3 Å². The first-order chi connectivity index (χ1) is 8.02. The van der Waals surface area contributed by atoms with E-state index < -0.39 is 0 Å². The van der Waals surface area contributed by atoms with Gasteiger partial charge in [-0.3, -0.25) is 4.79 Å². The number of methoxy groups -OCH3 is 1. The summed E-state index contributed by atoms with van der Waals surface area (Å²) in [5.74, 6) is 0.781. The van der Waals surface area contributed by atoms with Crippen molar-refractivity contribution in [3.8, 4) is 0 Å². The van der Waals surface area contributed by atoms with Gasteiger partial charge in [0.1, 0.15) is 6.10 Å². The number of carbonyl (C=O) groups excluding carboxylic acids is 1. The van der Waals surface area contributed by atoms with Gasteiger partial charge in [0.25, 0.3) is 0 Å². The smallest absolute Gasteiger partial charge is 0.158 e. The summed E-state index contributed by atoms with van der Waals surface area (Å²) < 4.78 is 4.66. The van der Waals surface area contributed by atoms with Gasteiger partial charge in [0.05, 0.1) is 0 Å². The Kier molecular flexibility index (Phi) is 8.34. The molecule has 0 spiro atoms. The first-order valence-corrected chi connectivity index (χ1v) is 6.11. The lowest BCUT2D eigenvalue weighted by atomic mass is 9.99. The summed E-state index contributed by atoms with van der Waals surface area (Å²) in [5.41, 5.74) is 1.45. The van der Waals surface area contributed by atoms with Gasteiger partial charge >= 0.3 is 0 Å². The molecule has 0 amide bonds. The Hall–Kier alpha value is -1.15. The molecule has 0 saturated heterocycles. The fraction of sp³-hybridized carbons (Fsp3) is 0.533. The molecule has 1 aromatic rings. The van der Waals surface area contributed by atoms with E-state index in [1.54, 1.807) is 6.92 Å². The lowest BCUT2D eigenvalue weighted by molar-refractivity contribution is -0.125. The SMILES string of the molecule is CCC(C)c1ccccc1.COC(C)C(C)=O. The van der Waals surface area contributed by atoms with Crippen LogP contribution in [0.15, 0.2) is 30.3 Å². The second-order valence-corrected chi connectivity index (χ2v) is 4.21. The van der Waals surface area contributed by atoms with Gasteiger partial charge in [-0.25, -0.2) is 0 Å². The van der Waals surface area contributed by atoms with Gasteiger partial charge in [-0.2, -0.15) is 0 Å². The van der Waals surface area contributed by atoms with Gasteiger partial charge in [0, 0.05) is 7.11 Å². The molecule has 2 unspecified atom stereocenters. The molecule has 0 heterocycles. The number of ketones is 1. The molecule has 2 atom stereocenters. The van der Waals surface area contributed by atoms with Crippen LogP contribution in [-0.2, 0) is 9.53 Å². The zero-order valence-corrected chi connectivity index (χ0v) is 11.6. The zero-order chi connectivity index (χ0) is 13.3. The van der Waals surface area contributed by atoms with Gasteiger partial charge in [-0.05, 0) is 31.7 Å². The van der Waals surface area contributed by atoms with Crippen LogP contribution in [0.1, 0.15) is 45.6 Å². The number of carbonyl (C=O) groups is 1. The van der Waals surface area contributed by atoms with Crippen molar-refractivity contribution >= 4 is 5.78 Å². The number of hydrogen-bond donors (Lipinski definition) is 0. The molecular formula is C15H24O2. The average molecular weight is 236 g/mol. The number of Topliss-reactive ketones (excluding diaryl/α,β-unsaturated/α-hetero) is 1. The Morgan fingerprint density at radius 3 is 2.06 bits per heavy atom. The fourth-order valence-electron chi connectivity index (χ4n) is 1.18. The second-order valence-electron chi connectivity index (χ2n) is 4.21. The van der Waals surface area contributed by atoms with E-state index in [1.165, 1.54) is 26.0 Å². The summed E-state index contributed by atoms with van der Waals surface area (Å²) >= 11 is 0. The summed E-state index contributed by atoms with van der Waals surface area (Å²) in [6.45, 7) is 7.71. The molecule has 0 radical (unpaired) electrons. The van der Waals surface area contributed by atoms with Crippen LogP contribution in [0.25, 0.3) is 0 Å². The van der Waals surface area contributed by atoms with Gasteiger partial charge < -0.3 is 4.74 Å².